The zero-order valence-corrected chi connectivity index (χ0v) is 12.1. The fourth-order valence-electron chi connectivity index (χ4n) is 2.47. The summed E-state index contributed by atoms with van der Waals surface area (Å²) in [6.07, 6.45) is 3.99. The normalized spacial score (nSPS) is 12.6. The molecule has 102 valence electrons. The van der Waals surface area contributed by atoms with Gasteiger partial charge in [0.1, 0.15) is 0 Å². The first kappa shape index (κ1) is 13.8. The molecule has 0 saturated heterocycles. The van der Waals surface area contributed by atoms with E-state index in [1.807, 2.05) is 13.2 Å². The van der Waals surface area contributed by atoms with Crippen molar-refractivity contribution in [1.29, 1.82) is 0 Å². The van der Waals surface area contributed by atoms with E-state index in [1.54, 1.807) is 0 Å². The number of hydrogen-bond acceptors (Lipinski definition) is 2. The molecule has 2 aromatic rings. The monoisotopic (exact) mass is 257 g/mol. The topological polar surface area (TPSA) is 29.9 Å². The summed E-state index contributed by atoms with van der Waals surface area (Å²) in [5.41, 5.74) is 3.95. The van der Waals surface area contributed by atoms with Gasteiger partial charge >= 0.3 is 0 Å². The van der Waals surface area contributed by atoms with Gasteiger partial charge in [-0.05, 0) is 38.4 Å². The Bertz CT molecular complexity index is 516. The van der Waals surface area contributed by atoms with Crippen LogP contribution in [0, 0.1) is 6.92 Å². The van der Waals surface area contributed by atoms with Gasteiger partial charge in [0.2, 0.25) is 0 Å². The number of aromatic nitrogens is 2. The van der Waals surface area contributed by atoms with Crippen LogP contribution in [-0.4, -0.2) is 16.8 Å². The van der Waals surface area contributed by atoms with Crippen molar-refractivity contribution in [3.05, 3.63) is 53.3 Å². The second kappa shape index (κ2) is 6.53. The van der Waals surface area contributed by atoms with Gasteiger partial charge in [-0.25, -0.2) is 0 Å². The number of benzene rings is 1. The Labute approximate surface area is 115 Å². The molecule has 0 aliphatic rings. The molecule has 1 aromatic heterocycles. The smallest absolute Gasteiger partial charge is 0.0556 e. The van der Waals surface area contributed by atoms with Gasteiger partial charge in [0, 0.05) is 12.7 Å². The highest BCUT2D eigenvalue weighted by Gasteiger charge is 2.14. The molecule has 1 heterocycles. The van der Waals surface area contributed by atoms with Crippen LogP contribution in [0.2, 0.25) is 0 Å². The van der Waals surface area contributed by atoms with Crippen molar-refractivity contribution in [2.75, 3.05) is 7.05 Å². The van der Waals surface area contributed by atoms with E-state index in [2.05, 4.69) is 59.3 Å². The van der Waals surface area contributed by atoms with Gasteiger partial charge in [-0.2, -0.15) is 5.10 Å². The molecule has 3 nitrogen and oxygen atoms in total. The van der Waals surface area contributed by atoms with E-state index in [4.69, 9.17) is 0 Å². The second-order valence-electron chi connectivity index (χ2n) is 5.01. The standard InChI is InChI=1S/C16H23N3/c1-4-10-19-16(8-9-18-19)15(17-3)12-14-7-5-6-13(2)11-14/h5-9,11,15,17H,4,10,12H2,1-3H3. The van der Waals surface area contributed by atoms with Crippen molar-refractivity contribution in [1.82, 2.24) is 15.1 Å². The fourth-order valence-corrected chi connectivity index (χ4v) is 2.47. The van der Waals surface area contributed by atoms with Gasteiger partial charge in [-0.3, -0.25) is 4.68 Å². The Kier molecular flexibility index (Phi) is 4.74. The molecule has 0 fully saturated rings. The van der Waals surface area contributed by atoms with Crippen LogP contribution in [0.3, 0.4) is 0 Å². The third kappa shape index (κ3) is 3.44. The quantitative estimate of drug-likeness (QED) is 0.861. The van der Waals surface area contributed by atoms with Gasteiger partial charge in [0.05, 0.1) is 11.7 Å². The predicted octanol–water partition coefficient (Wildman–Crippen LogP) is 3.10. The van der Waals surface area contributed by atoms with Gasteiger partial charge in [-0.15, -0.1) is 0 Å². The maximum Gasteiger partial charge on any atom is 0.0556 e. The zero-order chi connectivity index (χ0) is 13.7. The highest BCUT2D eigenvalue weighted by Crippen LogP contribution is 2.19. The summed E-state index contributed by atoms with van der Waals surface area (Å²) >= 11 is 0. The number of nitrogens with one attached hydrogen (secondary N) is 1. The van der Waals surface area contributed by atoms with E-state index < -0.39 is 0 Å². The van der Waals surface area contributed by atoms with E-state index in [0.717, 1.165) is 19.4 Å². The molecule has 19 heavy (non-hydrogen) atoms. The molecule has 2 rings (SSSR count). The van der Waals surface area contributed by atoms with Crippen LogP contribution >= 0.6 is 0 Å². The molecule has 1 atom stereocenters. The SMILES string of the molecule is CCCn1nccc1C(Cc1cccc(C)c1)NC. The Balaban J connectivity index is 2.18. The summed E-state index contributed by atoms with van der Waals surface area (Å²) in [6.45, 7) is 5.30. The number of likely N-dealkylation sites (N-methyl/N-ethyl adjacent to an activating group) is 1. The molecule has 3 heteroatoms. The molecule has 0 saturated carbocycles. The second-order valence-corrected chi connectivity index (χ2v) is 5.01. The molecule has 0 amide bonds. The molecule has 1 N–H and O–H groups in total. The molecule has 0 aliphatic heterocycles. The Morgan fingerprint density at radius 1 is 1.32 bits per heavy atom. The average Bonchev–Trinajstić information content (AvgIpc) is 2.85. The highest BCUT2D eigenvalue weighted by atomic mass is 15.3. The first-order valence-corrected chi connectivity index (χ1v) is 6.99. The first-order chi connectivity index (χ1) is 9.24. The summed E-state index contributed by atoms with van der Waals surface area (Å²) in [5, 5.41) is 7.82. The largest absolute Gasteiger partial charge is 0.311 e. The van der Waals surface area contributed by atoms with Crippen LogP contribution in [0.5, 0.6) is 0 Å². The van der Waals surface area contributed by atoms with Crippen LogP contribution in [-0.2, 0) is 13.0 Å². The van der Waals surface area contributed by atoms with Crippen molar-refractivity contribution in [3.8, 4) is 0 Å². The zero-order valence-electron chi connectivity index (χ0n) is 12.1. The molecule has 1 aromatic carbocycles. The number of aryl methyl sites for hydroxylation is 2. The van der Waals surface area contributed by atoms with Crippen molar-refractivity contribution >= 4 is 0 Å². The maximum atomic E-state index is 4.41. The van der Waals surface area contributed by atoms with Crippen LogP contribution in [0.1, 0.15) is 36.2 Å². The van der Waals surface area contributed by atoms with E-state index in [0.29, 0.717) is 6.04 Å². The fraction of sp³-hybridized carbons (Fsp3) is 0.438. The lowest BCUT2D eigenvalue weighted by molar-refractivity contribution is 0.496. The van der Waals surface area contributed by atoms with E-state index in [1.165, 1.54) is 16.8 Å². The summed E-state index contributed by atoms with van der Waals surface area (Å²) in [4.78, 5) is 0. The Morgan fingerprint density at radius 3 is 2.84 bits per heavy atom. The molecular weight excluding hydrogens is 234 g/mol. The van der Waals surface area contributed by atoms with Crippen molar-refractivity contribution in [2.45, 2.75) is 39.3 Å². The maximum absolute atomic E-state index is 4.41. The van der Waals surface area contributed by atoms with Gasteiger partial charge in [0.25, 0.3) is 0 Å². The first-order valence-electron chi connectivity index (χ1n) is 6.99. The van der Waals surface area contributed by atoms with E-state index >= 15 is 0 Å². The van der Waals surface area contributed by atoms with Crippen LogP contribution in [0.4, 0.5) is 0 Å². The van der Waals surface area contributed by atoms with Gasteiger partial charge < -0.3 is 5.32 Å². The molecule has 0 bridgehead atoms. The highest BCUT2D eigenvalue weighted by molar-refractivity contribution is 5.24. The number of hydrogen-bond donors (Lipinski definition) is 1. The lowest BCUT2D eigenvalue weighted by atomic mass is 10.0. The summed E-state index contributed by atoms with van der Waals surface area (Å²) in [6, 6.07) is 11.1. The minimum absolute atomic E-state index is 0.316. The minimum Gasteiger partial charge on any atom is -0.311 e. The van der Waals surface area contributed by atoms with E-state index in [-0.39, 0.29) is 0 Å². The Morgan fingerprint density at radius 2 is 2.16 bits per heavy atom. The van der Waals surface area contributed by atoms with E-state index in [9.17, 15) is 0 Å². The third-order valence-electron chi connectivity index (χ3n) is 3.41. The van der Waals surface area contributed by atoms with Crippen molar-refractivity contribution < 1.29 is 0 Å². The van der Waals surface area contributed by atoms with Crippen molar-refractivity contribution in [2.24, 2.45) is 0 Å². The average molecular weight is 257 g/mol. The number of rotatable bonds is 6. The summed E-state index contributed by atoms with van der Waals surface area (Å²) in [5.74, 6) is 0. The van der Waals surface area contributed by atoms with Crippen molar-refractivity contribution in [3.63, 3.8) is 0 Å². The third-order valence-corrected chi connectivity index (χ3v) is 3.41. The minimum atomic E-state index is 0.316. The Hall–Kier alpha value is -1.61. The molecule has 0 aliphatic carbocycles. The molecule has 0 radical (unpaired) electrons. The van der Waals surface area contributed by atoms with Crippen LogP contribution < -0.4 is 5.32 Å². The van der Waals surface area contributed by atoms with Crippen LogP contribution in [0.25, 0.3) is 0 Å². The lowest BCUT2D eigenvalue weighted by Crippen LogP contribution is -2.22. The molecule has 0 spiro atoms. The number of nitrogens with zero attached hydrogens (tertiary/aromatic N) is 2. The van der Waals surface area contributed by atoms with Gasteiger partial charge in [-0.1, -0.05) is 36.8 Å². The summed E-state index contributed by atoms with van der Waals surface area (Å²) in [7, 11) is 2.02. The molecule has 1 unspecified atom stereocenters. The predicted molar refractivity (Wildman–Crippen MR) is 79.2 cm³/mol. The molecular formula is C16H23N3. The van der Waals surface area contributed by atoms with Gasteiger partial charge in [0.15, 0.2) is 0 Å². The van der Waals surface area contributed by atoms with Crippen LogP contribution in [0.15, 0.2) is 36.5 Å². The summed E-state index contributed by atoms with van der Waals surface area (Å²) < 4.78 is 2.11. The lowest BCUT2D eigenvalue weighted by Gasteiger charge is -2.18.